The van der Waals surface area contributed by atoms with Crippen molar-refractivity contribution in [3.8, 4) is 5.75 Å². The Balaban J connectivity index is 3.32. The lowest BCUT2D eigenvalue weighted by molar-refractivity contribution is 0.172. The van der Waals surface area contributed by atoms with Crippen LogP contribution in [0.4, 0.5) is 0 Å². The lowest BCUT2D eigenvalue weighted by Gasteiger charge is -2.19. The summed E-state index contributed by atoms with van der Waals surface area (Å²) in [5.41, 5.74) is 2.95. The molecule has 1 unspecified atom stereocenters. The van der Waals surface area contributed by atoms with Crippen LogP contribution in [0, 0.1) is 13.8 Å². The Hall–Kier alpha value is -0.580. The summed E-state index contributed by atoms with van der Waals surface area (Å²) < 4.78 is 6.28. The highest BCUT2D eigenvalue weighted by atomic mass is 79.9. The zero-order valence-corrected chi connectivity index (χ0v) is 11.7. The lowest BCUT2D eigenvalue weighted by Crippen LogP contribution is -2.18. The van der Waals surface area contributed by atoms with E-state index in [1.165, 1.54) is 0 Å². The van der Waals surface area contributed by atoms with Crippen molar-refractivity contribution in [1.29, 1.82) is 0 Å². The zero-order chi connectivity index (χ0) is 12.3. The van der Waals surface area contributed by atoms with Crippen LogP contribution in [0.3, 0.4) is 0 Å². The summed E-state index contributed by atoms with van der Waals surface area (Å²) in [6.45, 7) is 4.48. The van der Waals surface area contributed by atoms with E-state index in [4.69, 9.17) is 4.74 Å². The molecule has 1 aromatic rings. The number of aliphatic hydroxyl groups is 1. The highest BCUT2D eigenvalue weighted by Gasteiger charge is 2.19. The number of ether oxygens (including phenoxy) is 1. The van der Waals surface area contributed by atoms with Crippen molar-refractivity contribution < 1.29 is 9.84 Å². The molecule has 0 saturated heterocycles. The summed E-state index contributed by atoms with van der Waals surface area (Å²) >= 11 is 3.51. The van der Waals surface area contributed by atoms with Gasteiger partial charge in [0.15, 0.2) is 0 Å². The predicted octanol–water partition coefficient (Wildman–Crippen LogP) is 2.33. The Bertz CT molecular complexity index is 380. The molecular weight excluding hydrogens is 270 g/mol. The SMILES string of the molecule is CNCC(O)c1c(Br)c(C)cc(C)c1OC. The Morgan fingerprint density at radius 3 is 2.56 bits per heavy atom. The number of rotatable bonds is 4. The number of likely N-dealkylation sites (N-methyl/N-ethyl adjacent to an activating group) is 1. The first-order valence-electron chi connectivity index (χ1n) is 5.19. The third kappa shape index (κ3) is 2.56. The summed E-state index contributed by atoms with van der Waals surface area (Å²) in [5.74, 6) is 0.750. The van der Waals surface area contributed by atoms with Crippen molar-refractivity contribution >= 4 is 15.9 Å². The minimum Gasteiger partial charge on any atom is -0.496 e. The van der Waals surface area contributed by atoms with Gasteiger partial charge in [-0.05, 0) is 48.0 Å². The fourth-order valence-corrected chi connectivity index (χ4v) is 2.40. The molecule has 1 rings (SSSR count). The topological polar surface area (TPSA) is 41.5 Å². The first-order valence-corrected chi connectivity index (χ1v) is 5.98. The van der Waals surface area contributed by atoms with E-state index in [1.54, 1.807) is 7.11 Å². The van der Waals surface area contributed by atoms with E-state index in [2.05, 4.69) is 21.2 Å². The molecule has 16 heavy (non-hydrogen) atoms. The van der Waals surface area contributed by atoms with Gasteiger partial charge in [0.05, 0.1) is 13.2 Å². The number of aliphatic hydroxyl groups excluding tert-OH is 1. The molecule has 1 atom stereocenters. The molecule has 0 saturated carbocycles. The van der Waals surface area contributed by atoms with Gasteiger partial charge in [-0.3, -0.25) is 0 Å². The second kappa shape index (κ2) is 5.66. The van der Waals surface area contributed by atoms with Gasteiger partial charge < -0.3 is 15.2 Å². The number of benzene rings is 1. The van der Waals surface area contributed by atoms with Gasteiger partial charge in [-0.1, -0.05) is 6.07 Å². The van der Waals surface area contributed by atoms with Gasteiger partial charge in [0, 0.05) is 16.6 Å². The molecule has 2 N–H and O–H groups in total. The van der Waals surface area contributed by atoms with Crippen LogP contribution in [0.2, 0.25) is 0 Å². The van der Waals surface area contributed by atoms with Crippen molar-refractivity contribution in [3.63, 3.8) is 0 Å². The third-order valence-corrected chi connectivity index (χ3v) is 3.61. The van der Waals surface area contributed by atoms with Crippen molar-refractivity contribution in [2.45, 2.75) is 20.0 Å². The van der Waals surface area contributed by atoms with Crippen LogP contribution in [0.1, 0.15) is 22.8 Å². The molecule has 3 nitrogen and oxygen atoms in total. The van der Waals surface area contributed by atoms with Crippen LogP contribution >= 0.6 is 15.9 Å². The maximum absolute atomic E-state index is 10.1. The minimum absolute atomic E-state index is 0.498. The quantitative estimate of drug-likeness (QED) is 0.893. The zero-order valence-electron chi connectivity index (χ0n) is 10.1. The Morgan fingerprint density at radius 2 is 2.06 bits per heavy atom. The molecule has 0 bridgehead atoms. The lowest BCUT2D eigenvalue weighted by atomic mass is 10.0. The maximum atomic E-state index is 10.1. The van der Waals surface area contributed by atoms with Crippen molar-refractivity contribution in [3.05, 3.63) is 27.2 Å². The maximum Gasteiger partial charge on any atom is 0.128 e. The van der Waals surface area contributed by atoms with Gasteiger partial charge in [-0.2, -0.15) is 0 Å². The second-order valence-corrected chi connectivity index (χ2v) is 4.64. The molecule has 0 fully saturated rings. The highest BCUT2D eigenvalue weighted by molar-refractivity contribution is 9.10. The van der Waals surface area contributed by atoms with Crippen LogP contribution in [0.15, 0.2) is 10.5 Å². The Labute approximate surface area is 105 Å². The van der Waals surface area contributed by atoms with E-state index >= 15 is 0 Å². The van der Waals surface area contributed by atoms with Crippen LogP contribution in [0.5, 0.6) is 5.75 Å². The summed E-state index contributed by atoms with van der Waals surface area (Å²) in [6.07, 6.45) is -0.576. The molecule has 0 aliphatic rings. The second-order valence-electron chi connectivity index (χ2n) is 3.84. The summed E-state index contributed by atoms with van der Waals surface area (Å²) in [5, 5.41) is 13.0. The number of aryl methyl sites for hydroxylation is 2. The predicted molar refractivity (Wildman–Crippen MR) is 69.1 cm³/mol. The van der Waals surface area contributed by atoms with Gasteiger partial charge in [0.25, 0.3) is 0 Å². The first kappa shape index (κ1) is 13.5. The Morgan fingerprint density at radius 1 is 1.44 bits per heavy atom. The van der Waals surface area contributed by atoms with Crippen molar-refractivity contribution in [2.24, 2.45) is 0 Å². The van der Waals surface area contributed by atoms with E-state index in [0.717, 1.165) is 26.9 Å². The molecule has 0 aliphatic heterocycles. The fourth-order valence-electron chi connectivity index (χ4n) is 1.84. The van der Waals surface area contributed by atoms with E-state index < -0.39 is 6.10 Å². The third-order valence-electron chi connectivity index (χ3n) is 2.55. The standard InChI is InChI=1S/C12H18BrNO2/c1-7-5-8(2)12(16-4)10(11(7)13)9(15)6-14-3/h5,9,14-15H,6H2,1-4H3. The van der Waals surface area contributed by atoms with E-state index in [-0.39, 0.29) is 0 Å². The summed E-state index contributed by atoms with van der Waals surface area (Å²) in [4.78, 5) is 0. The highest BCUT2D eigenvalue weighted by Crippen LogP contribution is 2.37. The minimum atomic E-state index is -0.576. The number of halogens is 1. The fraction of sp³-hybridized carbons (Fsp3) is 0.500. The molecule has 0 aliphatic carbocycles. The summed E-state index contributed by atoms with van der Waals surface area (Å²) in [6, 6.07) is 2.04. The first-order chi connectivity index (χ1) is 7.52. The molecule has 1 aromatic carbocycles. The average molecular weight is 288 g/mol. The van der Waals surface area contributed by atoms with Crippen molar-refractivity contribution in [2.75, 3.05) is 20.7 Å². The normalized spacial score (nSPS) is 12.6. The molecular formula is C12H18BrNO2. The van der Waals surface area contributed by atoms with Gasteiger partial charge in [0.1, 0.15) is 5.75 Å². The number of nitrogens with one attached hydrogen (secondary N) is 1. The van der Waals surface area contributed by atoms with Gasteiger partial charge >= 0.3 is 0 Å². The Kier molecular flexibility index (Phi) is 4.77. The van der Waals surface area contributed by atoms with Crippen molar-refractivity contribution in [1.82, 2.24) is 5.32 Å². The summed E-state index contributed by atoms with van der Waals surface area (Å²) in [7, 11) is 3.44. The van der Waals surface area contributed by atoms with Crippen LogP contribution in [0.25, 0.3) is 0 Å². The molecule has 0 spiro atoms. The molecule has 4 heteroatoms. The van der Waals surface area contributed by atoms with E-state index in [9.17, 15) is 5.11 Å². The molecule has 0 aromatic heterocycles. The molecule has 0 amide bonds. The monoisotopic (exact) mass is 287 g/mol. The van der Waals surface area contributed by atoms with Crippen LogP contribution < -0.4 is 10.1 Å². The van der Waals surface area contributed by atoms with Gasteiger partial charge in [-0.25, -0.2) is 0 Å². The largest absolute Gasteiger partial charge is 0.496 e. The van der Waals surface area contributed by atoms with Crippen LogP contribution in [-0.2, 0) is 0 Å². The molecule has 0 heterocycles. The number of methoxy groups -OCH3 is 1. The van der Waals surface area contributed by atoms with Gasteiger partial charge in [-0.15, -0.1) is 0 Å². The molecule has 0 radical (unpaired) electrons. The average Bonchev–Trinajstić information content (AvgIpc) is 2.23. The van der Waals surface area contributed by atoms with E-state index in [1.807, 2.05) is 27.0 Å². The van der Waals surface area contributed by atoms with Crippen LogP contribution in [-0.4, -0.2) is 25.8 Å². The molecule has 90 valence electrons. The van der Waals surface area contributed by atoms with Gasteiger partial charge in [0.2, 0.25) is 0 Å². The number of hydrogen-bond acceptors (Lipinski definition) is 3. The smallest absolute Gasteiger partial charge is 0.128 e. The number of hydrogen-bond donors (Lipinski definition) is 2. The van der Waals surface area contributed by atoms with E-state index in [0.29, 0.717) is 6.54 Å².